The van der Waals surface area contributed by atoms with Crippen LogP contribution in [0, 0.1) is 6.92 Å². The van der Waals surface area contributed by atoms with Gasteiger partial charge in [-0.2, -0.15) is 15.0 Å². The highest BCUT2D eigenvalue weighted by atomic mass is 15.3. The van der Waals surface area contributed by atoms with Crippen molar-refractivity contribution in [1.82, 2.24) is 15.0 Å². The number of hydrogen-bond donors (Lipinski definition) is 1. The summed E-state index contributed by atoms with van der Waals surface area (Å²) in [7, 11) is 7.63. The summed E-state index contributed by atoms with van der Waals surface area (Å²) in [6, 6.07) is 8.10. The Morgan fingerprint density at radius 2 is 1.30 bits per heavy atom. The third-order valence-electron chi connectivity index (χ3n) is 2.72. The molecule has 2 aromatic rings. The van der Waals surface area contributed by atoms with Gasteiger partial charge in [0.25, 0.3) is 0 Å². The van der Waals surface area contributed by atoms with Crippen molar-refractivity contribution in [1.29, 1.82) is 0 Å². The summed E-state index contributed by atoms with van der Waals surface area (Å²) < 4.78 is 0. The van der Waals surface area contributed by atoms with Crippen LogP contribution in [-0.2, 0) is 0 Å². The molecule has 0 radical (unpaired) electrons. The lowest BCUT2D eigenvalue weighted by Crippen LogP contribution is -2.19. The summed E-state index contributed by atoms with van der Waals surface area (Å²) in [5, 5.41) is 3.21. The predicted octanol–water partition coefficient (Wildman–Crippen LogP) is 2.06. The van der Waals surface area contributed by atoms with E-state index in [0.717, 1.165) is 5.69 Å². The second kappa shape index (κ2) is 5.73. The molecular formula is C14H20N6. The van der Waals surface area contributed by atoms with E-state index in [2.05, 4.69) is 27.2 Å². The van der Waals surface area contributed by atoms with E-state index in [1.54, 1.807) is 0 Å². The van der Waals surface area contributed by atoms with Crippen LogP contribution in [0.1, 0.15) is 5.56 Å². The molecule has 1 N–H and O–H groups in total. The van der Waals surface area contributed by atoms with Crippen molar-refractivity contribution in [2.75, 3.05) is 43.3 Å². The van der Waals surface area contributed by atoms with Crippen LogP contribution in [0.4, 0.5) is 23.5 Å². The monoisotopic (exact) mass is 272 g/mol. The maximum absolute atomic E-state index is 4.40. The highest BCUT2D eigenvalue weighted by Crippen LogP contribution is 2.18. The van der Waals surface area contributed by atoms with E-state index in [1.165, 1.54) is 5.56 Å². The molecule has 0 aliphatic carbocycles. The lowest BCUT2D eigenvalue weighted by Gasteiger charge is -2.16. The van der Waals surface area contributed by atoms with Crippen molar-refractivity contribution in [3.05, 3.63) is 29.8 Å². The highest BCUT2D eigenvalue weighted by Gasteiger charge is 2.09. The van der Waals surface area contributed by atoms with Gasteiger partial charge in [0.2, 0.25) is 17.8 Å². The minimum absolute atomic E-state index is 0.538. The first-order valence-electron chi connectivity index (χ1n) is 6.40. The quantitative estimate of drug-likeness (QED) is 0.919. The lowest BCUT2D eigenvalue weighted by molar-refractivity contribution is 0.920. The SMILES string of the molecule is Cc1ccc(Nc2nc(N(C)C)nc(N(C)C)n2)cc1. The number of rotatable bonds is 4. The van der Waals surface area contributed by atoms with Gasteiger partial charge in [-0.05, 0) is 19.1 Å². The number of nitrogens with one attached hydrogen (secondary N) is 1. The van der Waals surface area contributed by atoms with Crippen LogP contribution < -0.4 is 15.1 Å². The predicted molar refractivity (Wildman–Crippen MR) is 82.9 cm³/mol. The van der Waals surface area contributed by atoms with Crippen LogP contribution in [0.5, 0.6) is 0 Å². The zero-order valence-electron chi connectivity index (χ0n) is 12.5. The van der Waals surface area contributed by atoms with Crippen molar-refractivity contribution in [3.8, 4) is 0 Å². The molecule has 2 rings (SSSR count). The van der Waals surface area contributed by atoms with Crippen molar-refractivity contribution in [2.45, 2.75) is 6.92 Å². The molecular weight excluding hydrogens is 252 g/mol. The Balaban J connectivity index is 2.32. The van der Waals surface area contributed by atoms with E-state index >= 15 is 0 Å². The molecule has 0 saturated heterocycles. The number of hydrogen-bond acceptors (Lipinski definition) is 6. The Labute approximate surface area is 119 Å². The van der Waals surface area contributed by atoms with Crippen LogP contribution in [-0.4, -0.2) is 43.1 Å². The van der Waals surface area contributed by atoms with E-state index in [0.29, 0.717) is 17.8 Å². The number of anilines is 4. The fourth-order valence-corrected chi connectivity index (χ4v) is 1.58. The van der Waals surface area contributed by atoms with E-state index in [1.807, 2.05) is 62.3 Å². The van der Waals surface area contributed by atoms with Crippen LogP contribution in [0.15, 0.2) is 24.3 Å². The van der Waals surface area contributed by atoms with E-state index in [-0.39, 0.29) is 0 Å². The molecule has 106 valence electrons. The second-order valence-corrected chi connectivity index (χ2v) is 5.04. The minimum Gasteiger partial charge on any atom is -0.347 e. The molecule has 1 aromatic heterocycles. The molecule has 20 heavy (non-hydrogen) atoms. The van der Waals surface area contributed by atoms with Gasteiger partial charge < -0.3 is 15.1 Å². The standard InChI is InChI=1S/C14H20N6/c1-10-6-8-11(9-7-10)15-12-16-13(19(2)3)18-14(17-12)20(4)5/h6-9H,1-5H3,(H,15,16,17,18). The number of aryl methyl sites for hydroxylation is 1. The molecule has 1 heterocycles. The minimum atomic E-state index is 0.538. The molecule has 1 aromatic carbocycles. The third kappa shape index (κ3) is 3.34. The summed E-state index contributed by atoms with van der Waals surface area (Å²) in [5.74, 6) is 1.79. The largest absolute Gasteiger partial charge is 0.347 e. The molecule has 6 heteroatoms. The first kappa shape index (κ1) is 14.0. The molecule has 0 aliphatic heterocycles. The van der Waals surface area contributed by atoms with Gasteiger partial charge in [-0.25, -0.2) is 0 Å². The van der Waals surface area contributed by atoms with Crippen molar-refractivity contribution in [3.63, 3.8) is 0 Å². The Kier molecular flexibility index (Phi) is 4.02. The topological polar surface area (TPSA) is 57.2 Å². The van der Waals surface area contributed by atoms with Crippen molar-refractivity contribution < 1.29 is 0 Å². The normalized spacial score (nSPS) is 10.2. The zero-order valence-corrected chi connectivity index (χ0v) is 12.5. The number of aromatic nitrogens is 3. The van der Waals surface area contributed by atoms with Gasteiger partial charge in [-0.15, -0.1) is 0 Å². The molecule has 0 spiro atoms. The number of benzene rings is 1. The van der Waals surface area contributed by atoms with E-state index in [4.69, 9.17) is 0 Å². The molecule has 0 atom stereocenters. The Bertz CT molecular complexity index is 550. The fraction of sp³-hybridized carbons (Fsp3) is 0.357. The Hall–Kier alpha value is -2.37. The Morgan fingerprint density at radius 3 is 1.75 bits per heavy atom. The molecule has 0 aliphatic rings. The van der Waals surface area contributed by atoms with Gasteiger partial charge in [0.1, 0.15) is 0 Å². The van der Waals surface area contributed by atoms with E-state index < -0.39 is 0 Å². The molecule has 0 bridgehead atoms. The molecule has 0 amide bonds. The van der Waals surface area contributed by atoms with Gasteiger partial charge in [0.15, 0.2) is 0 Å². The lowest BCUT2D eigenvalue weighted by atomic mass is 10.2. The average molecular weight is 272 g/mol. The molecule has 6 nitrogen and oxygen atoms in total. The Morgan fingerprint density at radius 1 is 0.800 bits per heavy atom. The number of nitrogens with zero attached hydrogens (tertiary/aromatic N) is 5. The van der Waals surface area contributed by atoms with E-state index in [9.17, 15) is 0 Å². The zero-order chi connectivity index (χ0) is 14.7. The summed E-state index contributed by atoms with van der Waals surface area (Å²) in [4.78, 5) is 16.9. The van der Waals surface area contributed by atoms with Crippen LogP contribution in [0.2, 0.25) is 0 Å². The molecule has 0 fully saturated rings. The third-order valence-corrected chi connectivity index (χ3v) is 2.72. The maximum atomic E-state index is 4.40. The first-order chi connectivity index (χ1) is 9.45. The van der Waals surface area contributed by atoms with Crippen LogP contribution in [0.3, 0.4) is 0 Å². The second-order valence-electron chi connectivity index (χ2n) is 5.04. The van der Waals surface area contributed by atoms with Crippen molar-refractivity contribution in [2.24, 2.45) is 0 Å². The maximum Gasteiger partial charge on any atom is 0.233 e. The fourth-order valence-electron chi connectivity index (χ4n) is 1.58. The highest BCUT2D eigenvalue weighted by molar-refractivity contribution is 5.56. The summed E-state index contributed by atoms with van der Waals surface area (Å²) in [6.07, 6.45) is 0. The smallest absolute Gasteiger partial charge is 0.233 e. The van der Waals surface area contributed by atoms with Gasteiger partial charge in [-0.1, -0.05) is 17.7 Å². The van der Waals surface area contributed by atoms with Gasteiger partial charge >= 0.3 is 0 Å². The summed E-state index contributed by atoms with van der Waals surface area (Å²) in [6.45, 7) is 2.06. The molecule has 0 unspecified atom stereocenters. The van der Waals surface area contributed by atoms with Gasteiger partial charge in [0.05, 0.1) is 0 Å². The van der Waals surface area contributed by atoms with Crippen LogP contribution in [0.25, 0.3) is 0 Å². The molecule has 0 saturated carbocycles. The van der Waals surface area contributed by atoms with Gasteiger partial charge in [0, 0.05) is 33.9 Å². The van der Waals surface area contributed by atoms with Crippen LogP contribution >= 0.6 is 0 Å². The summed E-state index contributed by atoms with van der Waals surface area (Å²) >= 11 is 0. The van der Waals surface area contributed by atoms with Crippen molar-refractivity contribution >= 4 is 23.5 Å². The average Bonchev–Trinajstić information content (AvgIpc) is 2.41. The first-order valence-corrected chi connectivity index (χ1v) is 6.40. The van der Waals surface area contributed by atoms with Gasteiger partial charge in [-0.3, -0.25) is 0 Å². The summed E-state index contributed by atoms with van der Waals surface area (Å²) in [5.41, 5.74) is 2.17.